The van der Waals surface area contributed by atoms with Gasteiger partial charge in [0.2, 0.25) is 15.8 Å². The number of thiophene rings is 1. The molecule has 168 valence electrons. The SMILES string of the molecule is Cc1sc(-c2nc(-c3ccc(Cl)cc3)no2)cc1S(=O)(=O)N(C)[C@@H](C)CCc1ccco1. The Hall–Kier alpha value is -2.46. The van der Waals surface area contributed by atoms with E-state index in [1.807, 2.05) is 19.1 Å². The van der Waals surface area contributed by atoms with Gasteiger partial charge in [-0.3, -0.25) is 0 Å². The molecule has 0 N–H and O–H groups in total. The minimum Gasteiger partial charge on any atom is -0.469 e. The van der Waals surface area contributed by atoms with E-state index in [-0.39, 0.29) is 16.8 Å². The zero-order valence-electron chi connectivity index (χ0n) is 17.8. The molecule has 4 rings (SSSR count). The summed E-state index contributed by atoms with van der Waals surface area (Å²) in [5.74, 6) is 1.53. The van der Waals surface area contributed by atoms with Crippen molar-refractivity contribution >= 4 is 33.0 Å². The van der Waals surface area contributed by atoms with Crippen LogP contribution in [0.5, 0.6) is 0 Å². The van der Waals surface area contributed by atoms with Gasteiger partial charge in [0.05, 0.1) is 16.0 Å². The van der Waals surface area contributed by atoms with Gasteiger partial charge in [-0.05, 0) is 62.7 Å². The van der Waals surface area contributed by atoms with Crippen molar-refractivity contribution in [2.45, 2.75) is 37.6 Å². The molecule has 0 aliphatic rings. The third kappa shape index (κ3) is 4.66. The summed E-state index contributed by atoms with van der Waals surface area (Å²) in [4.78, 5) is 5.94. The minimum absolute atomic E-state index is 0.201. The van der Waals surface area contributed by atoms with Gasteiger partial charge in [0.15, 0.2) is 0 Å². The number of sulfonamides is 1. The van der Waals surface area contributed by atoms with E-state index in [1.54, 1.807) is 50.6 Å². The Bertz CT molecular complexity index is 1300. The molecule has 3 heterocycles. The number of halogens is 1. The van der Waals surface area contributed by atoms with E-state index in [1.165, 1.54) is 15.6 Å². The Labute approximate surface area is 195 Å². The number of hydrogen-bond donors (Lipinski definition) is 0. The van der Waals surface area contributed by atoms with Gasteiger partial charge in [0.25, 0.3) is 5.89 Å². The Morgan fingerprint density at radius 2 is 1.97 bits per heavy atom. The van der Waals surface area contributed by atoms with Crippen LogP contribution >= 0.6 is 22.9 Å². The smallest absolute Gasteiger partial charge is 0.268 e. The lowest BCUT2D eigenvalue weighted by Crippen LogP contribution is -2.35. The number of nitrogens with zero attached hydrogens (tertiary/aromatic N) is 3. The Kier molecular flexibility index (Phi) is 6.52. The Balaban J connectivity index is 1.54. The van der Waals surface area contributed by atoms with Crippen molar-refractivity contribution in [2.75, 3.05) is 7.05 Å². The summed E-state index contributed by atoms with van der Waals surface area (Å²) in [7, 11) is -2.09. The Morgan fingerprint density at radius 1 is 1.22 bits per heavy atom. The third-order valence-electron chi connectivity index (χ3n) is 5.28. The molecule has 1 atom stereocenters. The molecule has 0 saturated carbocycles. The van der Waals surface area contributed by atoms with Crippen LogP contribution in [-0.4, -0.2) is 36.0 Å². The highest BCUT2D eigenvalue weighted by Gasteiger charge is 2.29. The third-order valence-corrected chi connectivity index (χ3v) is 8.80. The van der Waals surface area contributed by atoms with Gasteiger partial charge in [-0.15, -0.1) is 11.3 Å². The van der Waals surface area contributed by atoms with Crippen molar-refractivity contribution in [1.29, 1.82) is 0 Å². The standard InChI is InChI=1S/C22H22ClN3O4S2/c1-14(6-11-18-5-4-12-29-18)26(3)32(27,28)20-13-19(31-15(20)2)22-24-21(25-30-22)16-7-9-17(23)10-8-16/h4-5,7-10,12-14H,6,11H2,1-3H3/t14-/m0/s1. The number of furan rings is 1. The molecule has 7 nitrogen and oxygen atoms in total. The summed E-state index contributed by atoms with van der Waals surface area (Å²) >= 11 is 7.24. The van der Waals surface area contributed by atoms with Crippen molar-refractivity contribution < 1.29 is 17.4 Å². The van der Waals surface area contributed by atoms with Gasteiger partial charge < -0.3 is 8.94 Å². The van der Waals surface area contributed by atoms with E-state index in [0.717, 1.165) is 11.3 Å². The molecule has 10 heteroatoms. The predicted molar refractivity (Wildman–Crippen MR) is 124 cm³/mol. The molecule has 0 radical (unpaired) electrons. The number of hydrogen-bond acceptors (Lipinski definition) is 7. The van der Waals surface area contributed by atoms with Crippen molar-refractivity contribution in [3.63, 3.8) is 0 Å². The average molecular weight is 492 g/mol. The van der Waals surface area contributed by atoms with Crippen molar-refractivity contribution in [3.8, 4) is 22.2 Å². The Morgan fingerprint density at radius 3 is 2.66 bits per heavy atom. The first kappa shape index (κ1) is 22.7. The fraction of sp³-hybridized carbons (Fsp3) is 0.273. The van der Waals surface area contributed by atoms with E-state index in [4.69, 9.17) is 20.5 Å². The molecule has 0 fully saturated rings. The zero-order valence-corrected chi connectivity index (χ0v) is 20.2. The van der Waals surface area contributed by atoms with Crippen LogP contribution in [0.25, 0.3) is 22.2 Å². The van der Waals surface area contributed by atoms with Gasteiger partial charge >= 0.3 is 0 Å². The molecule has 0 amide bonds. The van der Waals surface area contributed by atoms with Crippen molar-refractivity contribution in [1.82, 2.24) is 14.4 Å². The highest BCUT2D eigenvalue weighted by molar-refractivity contribution is 7.89. The van der Waals surface area contributed by atoms with E-state index in [9.17, 15) is 8.42 Å². The molecular formula is C22H22ClN3O4S2. The van der Waals surface area contributed by atoms with Gasteiger partial charge in [-0.25, -0.2) is 8.42 Å². The second kappa shape index (κ2) is 9.19. The molecule has 3 aromatic heterocycles. The average Bonchev–Trinajstić information content (AvgIpc) is 3.52. The lowest BCUT2D eigenvalue weighted by Gasteiger charge is -2.24. The van der Waals surface area contributed by atoms with Crippen molar-refractivity contribution in [3.05, 3.63) is 64.4 Å². The normalized spacial score (nSPS) is 13.0. The van der Waals surface area contributed by atoms with Gasteiger partial charge in [-0.2, -0.15) is 9.29 Å². The van der Waals surface area contributed by atoms with Crippen LogP contribution in [0.3, 0.4) is 0 Å². The number of aromatic nitrogens is 2. The molecular weight excluding hydrogens is 470 g/mol. The highest BCUT2D eigenvalue weighted by Crippen LogP contribution is 2.35. The van der Waals surface area contributed by atoms with Gasteiger partial charge in [0, 0.05) is 35.0 Å². The maximum atomic E-state index is 13.3. The second-order valence-corrected chi connectivity index (χ2v) is 11.1. The maximum absolute atomic E-state index is 13.3. The van der Waals surface area contributed by atoms with E-state index in [2.05, 4.69) is 10.1 Å². The summed E-state index contributed by atoms with van der Waals surface area (Å²) < 4.78 is 38.7. The van der Waals surface area contributed by atoms with E-state index >= 15 is 0 Å². The maximum Gasteiger partial charge on any atom is 0.268 e. The molecule has 32 heavy (non-hydrogen) atoms. The molecule has 0 bridgehead atoms. The van der Waals surface area contributed by atoms with Crippen molar-refractivity contribution in [2.24, 2.45) is 0 Å². The molecule has 1 aromatic carbocycles. The number of benzene rings is 1. The second-order valence-electron chi connectivity index (χ2n) is 7.45. The first-order valence-electron chi connectivity index (χ1n) is 9.96. The zero-order chi connectivity index (χ0) is 22.9. The summed E-state index contributed by atoms with van der Waals surface area (Å²) in [6.45, 7) is 3.67. The molecule has 0 spiro atoms. The first-order valence-corrected chi connectivity index (χ1v) is 12.6. The number of rotatable bonds is 8. The minimum atomic E-state index is -3.69. The van der Waals surface area contributed by atoms with E-state index < -0.39 is 10.0 Å². The lowest BCUT2D eigenvalue weighted by molar-refractivity contribution is 0.361. The van der Waals surface area contributed by atoms with Crippen LogP contribution < -0.4 is 0 Å². The van der Waals surface area contributed by atoms with Crippen LogP contribution in [0.15, 0.2) is 62.6 Å². The fourth-order valence-corrected chi connectivity index (χ4v) is 6.24. The van der Waals surface area contributed by atoms with Crippen LogP contribution in [0.1, 0.15) is 24.0 Å². The first-order chi connectivity index (χ1) is 15.3. The monoisotopic (exact) mass is 491 g/mol. The van der Waals surface area contributed by atoms with Crippen LogP contribution in [-0.2, 0) is 16.4 Å². The topological polar surface area (TPSA) is 89.4 Å². The molecule has 0 saturated heterocycles. The van der Waals surface area contributed by atoms with Crippen LogP contribution in [0, 0.1) is 6.92 Å². The number of aryl methyl sites for hydroxylation is 2. The highest BCUT2D eigenvalue weighted by atomic mass is 35.5. The molecule has 0 aliphatic heterocycles. The van der Waals surface area contributed by atoms with Gasteiger partial charge in [-0.1, -0.05) is 16.8 Å². The molecule has 4 aromatic rings. The van der Waals surface area contributed by atoms with Gasteiger partial charge in [0.1, 0.15) is 5.76 Å². The van der Waals surface area contributed by atoms with E-state index in [0.29, 0.717) is 33.4 Å². The molecule has 0 aliphatic carbocycles. The largest absolute Gasteiger partial charge is 0.469 e. The van der Waals surface area contributed by atoms with Crippen LogP contribution in [0.4, 0.5) is 0 Å². The van der Waals surface area contributed by atoms with Crippen LogP contribution in [0.2, 0.25) is 5.02 Å². The fourth-order valence-electron chi connectivity index (χ4n) is 3.25. The molecule has 0 unspecified atom stereocenters. The summed E-state index contributed by atoms with van der Waals surface area (Å²) in [6.07, 6.45) is 2.93. The predicted octanol–water partition coefficient (Wildman–Crippen LogP) is 5.66. The summed E-state index contributed by atoms with van der Waals surface area (Å²) in [5, 5.41) is 4.63. The summed E-state index contributed by atoms with van der Waals surface area (Å²) in [6, 6.07) is 12.2. The lowest BCUT2D eigenvalue weighted by atomic mass is 10.1. The quantitative estimate of drug-likeness (QED) is 0.316. The summed E-state index contributed by atoms with van der Waals surface area (Å²) in [5.41, 5.74) is 0.760.